The molecule has 0 bridgehead atoms. The number of halogens is 1. The van der Waals surface area contributed by atoms with E-state index in [-0.39, 0.29) is 11.1 Å². The first-order chi connectivity index (χ1) is 17.2. The second-order valence-corrected chi connectivity index (χ2v) is 9.86. The number of aromatic hydroxyl groups is 1. The van der Waals surface area contributed by atoms with Gasteiger partial charge in [0.2, 0.25) is 0 Å². The molecule has 1 unspecified atom stereocenters. The van der Waals surface area contributed by atoms with Gasteiger partial charge in [0.15, 0.2) is 10.8 Å². The zero-order chi connectivity index (χ0) is 24.0. The third kappa shape index (κ3) is 6.05. The first-order valence-electron chi connectivity index (χ1n) is 11.6. The molecule has 1 atom stereocenters. The van der Waals surface area contributed by atoms with Crippen molar-refractivity contribution in [1.82, 2.24) is 24.6 Å². The van der Waals surface area contributed by atoms with Crippen LogP contribution in [0, 0.1) is 0 Å². The number of hydrogen-bond donors (Lipinski definition) is 2. The summed E-state index contributed by atoms with van der Waals surface area (Å²) in [6.07, 6.45) is 1.76. The fourth-order valence-electron chi connectivity index (χ4n) is 3.96. The lowest BCUT2D eigenvalue weighted by atomic mass is 10.1. The fraction of sp³-hybridized carbons (Fsp3) is 0.320. The van der Waals surface area contributed by atoms with Crippen LogP contribution in [0.3, 0.4) is 0 Å². The number of rotatable bonds is 9. The van der Waals surface area contributed by atoms with Crippen molar-refractivity contribution in [3.8, 4) is 5.75 Å². The first kappa shape index (κ1) is 23.9. The summed E-state index contributed by atoms with van der Waals surface area (Å²) in [5, 5.41) is 19.0. The number of nitrogens with one attached hydrogen (secondary N) is 1. The molecular weight excluding hydrogens is 484 g/mol. The standard InChI is InChI=1S/C25H27ClN6O2S/c26-22(18-5-2-1-3-6-18)17-32-24-21(16-27-32)23(28-19-7-4-8-20(33)15-19)29-25(30-24)35-14-11-31-9-12-34-13-10-31/h1-8,15-16,22,33H,9-14,17H2,(H,28,29,30). The molecule has 4 aromatic rings. The highest BCUT2D eigenvalue weighted by molar-refractivity contribution is 7.99. The zero-order valence-corrected chi connectivity index (χ0v) is 20.8. The lowest BCUT2D eigenvalue weighted by Gasteiger charge is -2.26. The lowest BCUT2D eigenvalue weighted by Crippen LogP contribution is -2.37. The van der Waals surface area contributed by atoms with Crippen molar-refractivity contribution in [2.75, 3.05) is 43.9 Å². The van der Waals surface area contributed by atoms with Crippen LogP contribution in [-0.4, -0.2) is 68.4 Å². The lowest BCUT2D eigenvalue weighted by molar-refractivity contribution is 0.0410. The van der Waals surface area contributed by atoms with E-state index in [1.54, 1.807) is 36.2 Å². The van der Waals surface area contributed by atoms with Crippen molar-refractivity contribution in [3.63, 3.8) is 0 Å². The summed E-state index contributed by atoms with van der Waals surface area (Å²) >= 11 is 8.34. The quantitative estimate of drug-likeness (QED) is 0.191. The molecule has 0 spiro atoms. The SMILES string of the molecule is Oc1cccc(Nc2nc(SCCN3CCOCC3)nc3c2cnn3CC(Cl)c2ccccc2)c1. The summed E-state index contributed by atoms with van der Waals surface area (Å²) in [6.45, 7) is 4.90. The van der Waals surface area contributed by atoms with Crippen molar-refractivity contribution in [3.05, 3.63) is 66.4 Å². The second kappa shape index (κ2) is 11.3. The van der Waals surface area contributed by atoms with E-state index in [9.17, 15) is 5.11 Å². The Morgan fingerprint density at radius 2 is 1.91 bits per heavy atom. The number of thioether (sulfide) groups is 1. The minimum Gasteiger partial charge on any atom is -0.508 e. The molecule has 2 aromatic carbocycles. The highest BCUT2D eigenvalue weighted by atomic mass is 35.5. The molecule has 10 heteroatoms. The molecule has 3 heterocycles. The average molecular weight is 511 g/mol. The van der Waals surface area contributed by atoms with Crippen LogP contribution in [0.25, 0.3) is 11.0 Å². The Labute approximate surface area is 213 Å². The Balaban J connectivity index is 1.41. The van der Waals surface area contributed by atoms with E-state index in [0.29, 0.717) is 17.5 Å². The van der Waals surface area contributed by atoms with Crippen molar-refractivity contribution in [2.24, 2.45) is 0 Å². The number of anilines is 2. The molecule has 5 rings (SSSR count). The Morgan fingerprint density at radius 3 is 2.71 bits per heavy atom. The predicted molar refractivity (Wildman–Crippen MR) is 140 cm³/mol. The number of aromatic nitrogens is 4. The van der Waals surface area contributed by atoms with Gasteiger partial charge in [-0.15, -0.1) is 11.6 Å². The number of nitrogens with zero attached hydrogens (tertiary/aromatic N) is 5. The van der Waals surface area contributed by atoms with Crippen LogP contribution in [-0.2, 0) is 11.3 Å². The van der Waals surface area contributed by atoms with Gasteiger partial charge in [-0.05, 0) is 17.7 Å². The highest BCUT2D eigenvalue weighted by Crippen LogP contribution is 2.30. The summed E-state index contributed by atoms with van der Waals surface area (Å²) in [5.74, 6) is 1.70. The average Bonchev–Trinajstić information content (AvgIpc) is 3.28. The number of morpholine rings is 1. The van der Waals surface area contributed by atoms with E-state index in [0.717, 1.165) is 60.9 Å². The zero-order valence-electron chi connectivity index (χ0n) is 19.2. The highest BCUT2D eigenvalue weighted by Gasteiger charge is 2.18. The number of phenols is 1. The van der Waals surface area contributed by atoms with Gasteiger partial charge in [0, 0.05) is 37.1 Å². The maximum absolute atomic E-state index is 9.89. The number of fused-ring (bicyclic) bond motifs is 1. The maximum atomic E-state index is 9.89. The Bertz CT molecular complexity index is 1270. The molecule has 35 heavy (non-hydrogen) atoms. The summed E-state index contributed by atoms with van der Waals surface area (Å²) in [7, 11) is 0. The van der Waals surface area contributed by atoms with Gasteiger partial charge in [-0.25, -0.2) is 14.6 Å². The normalized spacial score (nSPS) is 15.3. The van der Waals surface area contributed by atoms with Gasteiger partial charge < -0.3 is 15.2 Å². The Morgan fingerprint density at radius 1 is 1.09 bits per heavy atom. The number of phenolic OH excluding ortho intramolecular Hbond substituents is 1. The van der Waals surface area contributed by atoms with E-state index < -0.39 is 0 Å². The molecule has 1 saturated heterocycles. The summed E-state index contributed by atoms with van der Waals surface area (Å²) in [6, 6.07) is 16.9. The van der Waals surface area contributed by atoms with Gasteiger partial charge in [0.25, 0.3) is 0 Å². The largest absolute Gasteiger partial charge is 0.508 e. The number of benzene rings is 2. The summed E-state index contributed by atoms with van der Waals surface area (Å²) in [4.78, 5) is 12.0. The molecule has 8 nitrogen and oxygen atoms in total. The maximum Gasteiger partial charge on any atom is 0.191 e. The van der Waals surface area contributed by atoms with Crippen LogP contribution in [0.5, 0.6) is 5.75 Å². The third-order valence-electron chi connectivity index (χ3n) is 5.82. The molecule has 2 N–H and O–H groups in total. The van der Waals surface area contributed by atoms with Crippen molar-refractivity contribution >= 4 is 45.9 Å². The van der Waals surface area contributed by atoms with Gasteiger partial charge in [-0.2, -0.15) is 5.10 Å². The van der Waals surface area contributed by atoms with Crippen LogP contribution in [0.2, 0.25) is 0 Å². The molecule has 0 saturated carbocycles. The number of ether oxygens (including phenoxy) is 1. The van der Waals surface area contributed by atoms with Gasteiger partial charge in [-0.3, -0.25) is 4.90 Å². The fourth-order valence-corrected chi connectivity index (χ4v) is 5.07. The summed E-state index contributed by atoms with van der Waals surface area (Å²) < 4.78 is 7.28. The van der Waals surface area contributed by atoms with E-state index in [4.69, 9.17) is 26.3 Å². The molecule has 1 aliphatic rings. The van der Waals surface area contributed by atoms with Gasteiger partial charge in [0.05, 0.1) is 36.7 Å². The molecule has 182 valence electrons. The Hall–Kier alpha value is -2.85. The van der Waals surface area contributed by atoms with Gasteiger partial charge >= 0.3 is 0 Å². The van der Waals surface area contributed by atoms with Crippen LogP contribution < -0.4 is 5.32 Å². The van der Waals surface area contributed by atoms with E-state index in [1.165, 1.54) is 0 Å². The minimum absolute atomic E-state index is 0.184. The first-order valence-corrected chi connectivity index (χ1v) is 13.0. The second-order valence-electron chi connectivity index (χ2n) is 8.27. The summed E-state index contributed by atoms with van der Waals surface area (Å²) in [5.41, 5.74) is 2.49. The predicted octanol–water partition coefficient (Wildman–Crippen LogP) is 4.68. The van der Waals surface area contributed by atoms with E-state index in [2.05, 4.69) is 15.3 Å². The number of alkyl halides is 1. The van der Waals surface area contributed by atoms with Crippen LogP contribution in [0.1, 0.15) is 10.9 Å². The van der Waals surface area contributed by atoms with E-state index in [1.807, 2.05) is 41.1 Å². The monoisotopic (exact) mass is 510 g/mol. The van der Waals surface area contributed by atoms with Crippen molar-refractivity contribution < 1.29 is 9.84 Å². The molecule has 0 amide bonds. The minimum atomic E-state index is -0.242. The molecular formula is C25H27ClN6O2S. The molecule has 2 aromatic heterocycles. The van der Waals surface area contributed by atoms with Crippen LogP contribution >= 0.6 is 23.4 Å². The van der Waals surface area contributed by atoms with Gasteiger partial charge in [0.1, 0.15) is 11.6 Å². The molecule has 0 aliphatic carbocycles. The van der Waals surface area contributed by atoms with E-state index >= 15 is 0 Å². The topological polar surface area (TPSA) is 88.3 Å². The van der Waals surface area contributed by atoms with Crippen molar-refractivity contribution in [1.29, 1.82) is 0 Å². The Kier molecular flexibility index (Phi) is 7.68. The van der Waals surface area contributed by atoms with Crippen molar-refractivity contribution in [2.45, 2.75) is 17.1 Å². The van der Waals surface area contributed by atoms with Crippen LogP contribution in [0.15, 0.2) is 66.0 Å². The number of hydrogen-bond acceptors (Lipinski definition) is 8. The molecule has 0 radical (unpaired) electrons. The third-order valence-corrected chi connectivity index (χ3v) is 7.04. The smallest absolute Gasteiger partial charge is 0.191 e. The molecule has 1 fully saturated rings. The molecule has 1 aliphatic heterocycles. The van der Waals surface area contributed by atoms with Crippen LogP contribution in [0.4, 0.5) is 11.5 Å². The van der Waals surface area contributed by atoms with Gasteiger partial charge in [-0.1, -0.05) is 48.2 Å².